The fourth-order valence-corrected chi connectivity index (χ4v) is 5.47. The number of aromatic nitrogens is 5. The fourth-order valence-electron chi connectivity index (χ4n) is 5.47. The fraction of sp³-hybridized carbons (Fsp3) is 0.379. The summed E-state index contributed by atoms with van der Waals surface area (Å²) < 4.78 is 9.30. The van der Waals surface area contributed by atoms with Gasteiger partial charge < -0.3 is 25.0 Å². The van der Waals surface area contributed by atoms with Crippen LogP contribution in [0.4, 0.5) is 17.3 Å². The highest BCUT2D eigenvalue weighted by Crippen LogP contribution is 2.40. The number of aliphatic hydroxyl groups is 1. The third-order valence-electron chi connectivity index (χ3n) is 7.64. The molecule has 0 spiro atoms. The minimum absolute atomic E-state index is 0.251. The van der Waals surface area contributed by atoms with Crippen molar-refractivity contribution in [2.24, 2.45) is 0 Å². The number of benzene rings is 1. The van der Waals surface area contributed by atoms with Crippen LogP contribution in [-0.2, 0) is 12.1 Å². The van der Waals surface area contributed by atoms with E-state index in [-0.39, 0.29) is 12.1 Å². The van der Waals surface area contributed by atoms with Crippen molar-refractivity contribution in [3.8, 4) is 11.6 Å². The highest BCUT2D eigenvalue weighted by Gasteiger charge is 2.37. The van der Waals surface area contributed by atoms with E-state index in [2.05, 4.69) is 51.8 Å². The summed E-state index contributed by atoms with van der Waals surface area (Å²) in [7, 11) is 4.25. The van der Waals surface area contributed by atoms with E-state index >= 15 is 0 Å². The van der Waals surface area contributed by atoms with Crippen LogP contribution in [-0.4, -0.2) is 73.7 Å². The molecule has 2 N–H and O–H groups in total. The number of anilines is 3. The Labute approximate surface area is 232 Å². The summed E-state index contributed by atoms with van der Waals surface area (Å²) in [4.78, 5) is 31.8. The predicted octanol–water partition coefficient (Wildman–Crippen LogP) is 3.04. The Balaban J connectivity index is 1.36. The molecule has 11 nitrogen and oxygen atoms in total. The lowest BCUT2D eigenvalue weighted by molar-refractivity contribution is 0.0738. The van der Waals surface area contributed by atoms with E-state index in [4.69, 9.17) is 9.72 Å². The van der Waals surface area contributed by atoms with Crippen molar-refractivity contribution >= 4 is 28.4 Å². The maximum atomic E-state index is 13.3. The van der Waals surface area contributed by atoms with Crippen molar-refractivity contribution in [2.75, 3.05) is 37.5 Å². The lowest BCUT2D eigenvalue weighted by atomic mass is 10.1. The van der Waals surface area contributed by atoms with Gasteiger partial charge in [-0.1, -0.05) is 12.1 Å². The first-order valence-electron chi connectivity index (χ1n) is 13.4. The van der Waals surface area contributed by atoms with Crippen LogP contribution in [0.1, 0.15) is 26.0 Å². The number of rotatable bonds is 7. The maximum Gasteiger partial charge on any atom is 0.278 e. The van der Waals surface area contributed by atoms with Crippen LogP contribution in [0.5, 0.6) is 5.75 Å². The molecule has 0 unspecified atom stereocenters. The number of hydrogen-bond acceptors (Lipinski definition) is 9. The van der Waals surface area contributed by atoms with Crippen LogP contribution in [0.2, 0.25) is 0 Å². The monoisotopic (exact) mass is 542 g/mol. The molecule has 0 amide bonds. The van der Waals surface area contributed by atoms with Gasteiger partial charge in [0.05, 0.1) is 24.0 Å². The average Bonchev–Trinajstić information content (AvgIpc) is 3.48. The molecule has 0 radical (unpaired) electrons. The van der Waals surface area contributed by atoms with Crippen LogP contribution in [0.15, 0.2) is 60.0 Å². The van der Waals surface area contributed by atoms with E-state index in [9.17, 15) is 9.90 Å². The van der Waals surface area contributed by atoms with E-state index in [0.29, 0.717) is 47.2 Å². The summed E-state index contributed by atoms with van der Waals surface area (Å²) in [6, 6.07) is 12.2. The first-order chi connectivity index (χ1) is 19.1. The number of ether oxygens (including phenoxy) is 1. The largest absolute Gasteiger partial charge is 0.489 e. The van der Waals surface area contributed by atoms with E-state index < -0.39 is 5.60 Å². The SMILES string of the molecule is C=CCn1c(=O)c2cnc(Nc3ccc4c(c3)OC[C@@H]3C[C@@H](N(C)C)CN43)nc2n1-c1cccc(C(C)(C)O)n1. The molecule has 11 heteroatoms. The number of hydrogen-bond donors (Lipinski definition) is 2. The lowest BCUT2D eigenvalue weighted by Crippen LogP contribution is -2.38. The van der Waals surface area contributed by atoms with Crippen LogP contribution in [0.3, 0.4) is 0 Å². The topological polar surface area (TPSA) is 114 Å². The molecule has 0 aliphatic carbocycles. The second-order valence-electron chi connectivity index (χ2n) is 11.1. The molecule has 0 bridgehead atoms. The number of nitrogens with one attached hydrogen (secondary N) is 1. The molecule has 40 heavy (non-hydrogen) atoms. The molecule has 1 fully saturated rings. The van der Waals surface area contributed by atoms with Gasteiger partial charge in [-0.25, -0.2) is 19.3 Å². The summed E-state index contributed by atoms with van der Waals surface area (Å²) in [6.45, 7) is 9.02. The van der Waals surface area contributed by atoms with E-state index in [1.54, 1.807) is 42.8 Å². The van der Waals surface area contributed by atoms with Gasteiger partial charge >= 0.3 is 0 Å². The molecular formula is C29H34N8O3. The molecule has 208 valence electrons. The van der Waals surface area contributed by atoms with Crippen molar-refractivity contribution < 1.29 is 9.84 Å². The van der Waals surface area contributed by atoms with Crippen molar-refractivity contribution in [1.29, 1.82) is 0 Å². The molecular weight excluding hydrogens is 508 g/mol. The smallest absolute Gasteiger partial charge is 0.278 e. The van der Waals surface area contributed by atoms with E-state index in [1.807, 2.05) is 12.1 Å². The Morgan fingerprint density at radius 2 is 2.08 bits per heavy atom. The number of allylic oxidation sites excluding steroid dienone is 1. The van der Waals surface area contributed by atoms with Crippen LogP contribution >= 0.6 is 0 Å². The molecule has 0 saturated carbocycles. The second kappa shape index (κ2) is 9.76. The third kappa shape index (κ3) is 4.50. The number of nitrogens with zero attached hydrogens (tertiary/aromatic N) is 7. The Hall–Kier alpha value is -4.22. The molecule has 2 aliphatic rings. The second-order valence-corrected chi connectivity index (χ2v) is 11.1. The molecule has 2 atom stereocenters. The standard InChI is InChI=1S/C29H34N8O3/c1-6-12-36-27(38)21-15-30-28(33-26(21)37(36)25-9-7-8-24(32-25)29(2,3)39)31-18-10-11-22-23(13-18)40-17-20-14-19(34(4)5)16-35(20)22/h6-11,13,15,19-20,39H,1,12,14,16-17H2,2-5H3,(H,30,31,33)/t19-,20+/m1/s1. The highest BCUT2D eigenvalue weighted by molar-refractivity contribution is 5.77. The number of pyridine rings is 1. The van der Waals surface area contributed by atoms with Crippen LogP contribution in [0, 0.1) is 0 Å². The first kappa shape index (κ1) is 26.0. The summed E-state index contributed by atoms with van der Waals surface area (Å²) >= 11 is 0. The minimum Gasteiger partial charge on any atom is -0.489 e. The molecule has 1 saturated heterocycles. The van der Waals surface area contributed by atoms with Crippen LogP contribution < -0.4 is 20.5 Å². The third-order valence-corrected chi connectivity index (χ3v) is 7.64. The lowest BCUT2D eigenvalue weighted by Gasteiger charge is -2.33. The number of fused-ring (bicyclic) bond motifs is 4. The van der Waals surface area contributed by atoms with Crippen molar-refractivity contribution in [3.05, 3.63) is 71.3 Å². The number of likely N-dealkylation sites (N-methyl/N-ethyl adjacent to an activating group) is 1. The van der Waals surface area contributed by atoms with E-state index in [1.165, 1.54) is 10.9 Å². The van der Waals surface area contributed by atoms with Gasteiger partial charge in [0.15, 0.2) is 11.5 Å². The average molecular weight is 543 g/mol. The highest BCUT2D eigenvalue weighted by atomic mass is 16.5. The van der Waals surface area contributed by atoms with Gasteiger partial charge in [-0.2, -0.15) is 4.98 Å². The quantitative estimate of drug-likeness (QED) is 0.340. The minimum atomic E-state index is -1.15. The van der Waals surface area contributed by atoms with Gasteiger partial charge in [0.1, 0.15) is 23.3 Å². The Morgan fingerprint density at radius 3 is 2.83 bits per heavy atom. The Bertz CT molecular complexity index is 1650. The molecule has 6 rings (SSSR count). The van der Waals surface area contributed by atoms with Gasteiger partial charge in [-0.3, -0.25) is 4.79 Å². The van der Waals surface area contributed by atoms with Gasteiger partial charge in [0.2, 0.25) is 5.95 Å². The van der Waals surface area contributed by atoms with Crippen molar-refractivity contribution in [3.63, 3.8) is 0 Å². The molecule has 2 aliphatic heterocycles. The van der Waals surface area contributed by atoms with E-state index in [0.717, 1.165) is 30.1 Å². The summed E-state index contributed by atoms with van der Waals surface area (Å²) in [5, 5.41) is 14.2. The summed E-state index contributed by atoms with van der Waals surface area (Å²) in [6.07, 6.45) is 4.25. The normalized spacial score (nSPS) is 18.5. The zero-order valence-corrected chi connectivity index (χ0v) is 23.2. The molecule has 4 aromatic rings. The molecule has 1 aromatic carbocycles. The zero-order chi connectivity index (χ0) is 28.2. The van der Waals surface area contributed by atoms with Crippen molar-refractivity contribution in [2.45, 2.75) is 44.5 Å². The predicted molar refractivity (Wildman–Crippen MR) is 155 cm³/mol. The van der Waals surface area contributed by atoms with Crippen molar-refractivity contribution in [1.82, 2.24) is 29.2 Å². The summed E-state index contributed by atoms with van der Waals surface area (Å²) in [5.74, 6) is 1.61. The maximum absolute atomic E-state index is 13.3. The molecule has 3 aromatic heterocycles. The van der Waals surface area contributed by atoms with Crippen LogP contribution in [0.25, 0.3) is 16.9 Å². The molecule has 5 heterocycles. The van der Waals surface area contributed by atoms with Gasteiger partial charge in [0, 0.05) is 30.5 Å². The Morgan fingerprint density at radius 1 is 1.25 bits per heavy atom. The van der Waals surface area contributed by atoms with Gasteiger partial charge in [-0.15, -0.1) is 6.58 Å². The van der Waals surface area contributed by atoms with Gasteiger partial charge in [-0.05, 0) is 58.6 Å². The zero-order valence-electron chi connectivity index (χ0n) is 23.2. The Kier molecular flexibility index (Phi) is 6.35. The summed E-state index contributed by atoms with van der Waals surface area (Å²) in [5.41, 5.74) is 1.34. The van der Waals surface area contributed by atoms with Gasteiger partial charge in [0.25, 0.3) is 5.56 Å². The first-order valence-corrected chi connectivity index (χ1v) is 13.4.